The zero-order chi connectivity index (χ0) is 49.1. The van der Waals surface area contributed by atoms with Gasteiger partial charge in [0.15, 0.2) is 23.8 Å². The van der Waals surface area contributed by atoms with Crippen LogP contribution in [0.4, 0.5) is 0 Å². The number of aliphatic imine (C=N–C) groups is 4. The molecule has 0 aromatic rings. The summed E-state index contributed by atoms with van der Waals surface area (Å²) in [6, 6.07) is -7.73. The van der Waals surface area contributed by atoms with Gasteiger partial charge in [-0.3, -0.25) is 53.5 Å². The lowest BCUT2D eigenvalue weighted by molar-refractivity contribution is -0.144. The fraction of sp³-hybridized carbons (Fsp3) is 0.667. The Bertz CT molecular complexity index is 1740. The number of hydrogen-bond donors (Lipinski definition) is 16. The molecular formula is C36H67N19O10. The SMILES string of the molecule is NC(N)=NCCC[C@H](NC(=O)[C@H](CCCN=C(N)N)NC(=O)[C@@H]1CCCN1C(=O)[C@H](CCCN=C(N)N)NC(=O)[C@H](CCC(=O)O)NC(=O)CNC(=O)[C@@H](N)CCCN=C(N)N)C(=O)O. The minimum Gasteiger partial charge on any atom is -0.481 e. The summed E-state index contributed by atoms with van der Waals surface area (Å²) in [7, 11) is 0. The molecule has 1 rings (SSSR count). The van der Waals surface area contributed by atoms with E-state index in [0.717, 1.165) is 0 Å². The lowest BCUT2D eigenvalue weighted by Gasteiger charge is -2.31. The predicted octanol–water partition coefficient (Wildman–Crippen LogP) is -7.48. The van der Waals surface area contributed by atoms with Crippen molar-refractivity contribution >= 4 is 71.2 Å². The Kier molecular flexibility index (Phi) is 25.7. The van der Waals surface area contributed by atoms with Crippen molar-refractivity contribution in [2.75, 3.05) is 39.3 Å². The normalized spacial score (nSPS) is 15.3. The number of carboxylic acids is 2. The van der Waals surface area contributed by atoms with Crippen molar-refractivity contribution in [3.05, 3.63) is 0 Å². The third-order valence-corrected chi connectivity index (χ3v) is 9.56. The molecule has 0 spiro atoms. The Balaban J connectivity index is 3.29. The van der Waals surface area contributed by atoms with E-state index >= 15 is 0 Å². The maximum atomic E-state index is 14.3. The van der Waals surface area contributed by atoms with E-state index in [1.165, 1.54) is 4.90 Å². The van der Waals surface area contributed by atoms with Gasteiger partial charge in [0.05, 0.1) is 12.6 Å². The van der Waals surface area contributed by atoms with Crippen LogP contribution in [0.2, 0.25) is 0 Å². The molecule has 0 aliphatic carbocycles. The predicted molar refractivity (Wildman–Crippen MR) is 238 cm³/mol. The molecule has 0 radical (unpaired) electrons. The lowest BCUT2D eigenvalue weighted by atomic mass is 10.1. The third-order valence-electron chi connectivity index (χ3n) is 9.56. The number of rotatable bonds is 31. The zero-order valence-electron chi connectivity index (χ0n) is 36.3. The van der Waals surface area contributed by atoms with Crippen LogP contribution in [0, 0.1) is 0 Å². The Morgan fingerprint density at radius 3 is 1.49 bits per heavy atom. The highest BCUT2D eigenvalue weighted by Gasteiger charge is 2.39. The number of likely N-dealkylation sites (tertiary alicyclic amines) is 1. The van der Waals surface area contributed by atoms with Gasteiger partial charge in [-0.05, 0) is 70.6 Å². The van der Waals surface area contributed by atoms with Crippen molar-refractivity contribution in [2.24, 2.45) is 71.6 Å². The second-order valence-electron chi connectivity index (χ2n) is 14.9. The summed E-state index contributed by atoms with van der Waals surface area (Å²) in [6.45, 7) is -0.171. The van der Waals surface area contributed by atoms with Crippen molar-refractivity contribution < 1.29 is 48.6 Å². The average molecular weight is 926 g/mol. The largest absolute Gasteiger partial charge is 0.481 e. The van der Waals surface area contributed by atoms with E-state index in [2.05, 4.69) is 46.6 Å². The number of aliphatic carboxylic acids is 2. The quantitative estimate of drug-likeness (QED) is 0.0174. The number of hydrogen-bond acceptors (Lipinski definition) is 13. The minimum absolute atomic E-state index is 0.0312. The van der Waals surface area contributed by atoms with Gasteiger partial charge in [0.2, 0.25) is 35.4 Å². The first-order chi connectivity index (χ1) is 30.6. The summed E-state index contributed by atoms with van der Waals surface area (Å²) in [4.78, 5) is 121. The fourth-order valence-electron chi connectivity index (χ4n) is 6.34. The first-order valence-electron chi connectivity index (χ1n) is 20.8. The van der Waals surface area contributed by atoms with Gasteiger partial charge >= 0.3 is 11.9 Å². The fourth-order valence-corrected chi connectivity index (χ4v) is 6.34. The van der Waals surface area contributed by atoms with E-state index in [1.54, 1.807) is 0 Å². The number of carbonyl (C=O) groups is 8. The smallest absolute Gasteiger partial charge is 0.326 e. The number of carbonyl (C=O) groups excluding carboxylic acids is 6. The molecule has 0 unspecified atom stereocenters. The standard InChI is InChI=1S/C36H67N19O10/c37-19(6-1-13-46-33(38)39)27(59)50-18-25(56)51-21(11-12-26(57)58)29(61)53-22(8-3-15-48-35(42)43)31(63)55-17-5-10-24(55)30(62)52-20(7-2-14-47-34(40)41)28(60)54-23(32(64)65)9-4-16-49-36(44)45/h19-24H,1-18,37H2,(H,50,59)(H,51,56)(H,52,62)(H,53,61)(H,54,60)(H,57,58)(H,64,65)(H4,38,39,46)(H4,40,41,47)(H4,42,43,48)(H4,44,45,49)/t19-,20-,21-,22-,23-,24-/m0/s1. The van der Waals surface area contributed by atoms with E-state index < -0.39 is 103 Å². The van der Waals surface area contributed by atoms with E-state index in [1.807, 2.05) is 0 Å². The van der Waals surface area contributed by atoms with Gasteiger partial charge in [-0.15, -0.1) is 0 Å². The van der Waals surface area contributed by atoms with Gasteiger partial charge in [-0.25, -0.2) is 4.79 Å². The number of nitrogens with two attached hydrogens (primary N) is 9. The first kappa shape index (κ1) is 55.8. The second kappa shape index (κ2) is 30.0. The molecule has 366 valence electrons. The summed E-state index contributed by atoms with van der Waals surface area (Å²) in [5.41, 5.74) is 48.8. The molecule has 1 aliphatic rings. The van der Waals surface area contributed by atoms with Gasteiger partial charge in [-0.2, -0.15) is 0 Å². The van der Waals surface area contributed by atoms with Crippen molar-refractivity contribution in [3.63, 3.8) is 0 Å². The number of nitrogens with one attached hydrogen (secondary N) is 5. The van der Waals surface area contributed by atoms with Crippen LogP contribution in [0.15, 0.2) is 20.0 Å². The average Bonchev–Trinajstić information content (AvgIpc) is 3.72. The summed E-state index contributed by atoms with van der Waals surface area (Å²) in [5, 5.41) is 31.5. The van der Waals surface area contributed by atoms with E-state index in [0.29, 0.717) is 12.8 Å². The molecule has 0 aromatic carbocycles. The molecule has 0 bridgehead atoms. The third kappa shape index (κ3) is 23.7. The van der Waals surface area contributed by atoms with Crippen molar-refractivity contribution in [2.45, 2.75) is 113 Å². The zero-order valence-corrected chi connectivity index (χ0v) is 36.3. The Labute approximate surface area is 375 Å². The Hall–Kier alpha value is -7.20. The summed E-state index contributed by atoms with van der Waals surface area (Å²) < 4.78 is 0. The molecule has 0 saturated carbocycles. The molecule has 25 N–H and O–H groups in total. The summed E-state index contributed by atoms with van der Waals surface area (Å²) in [5.74, 6) is -8.25. The van der Waals surface area contributed by atoms with E-state index in [9.17, 15) is 48.6 Å². The number of carboxylic acid groups (broad SMARTS) is 2. The monoisotopic (exact) mass is 926 g/mol. The highest BCUT2D eigenvalue weighted by atomic mass is 16.4. The Morgan fingerprint density at radius 2 is 1.02 bits per heavy atom. The summed E-state index contributed by atoms with van der Waals surface area (Å²) >= 11 is 0. The molecule has 29 heteroatoms. The van der Waals surface area contributed by atoms with Crippen LogP contribution in [0.3, 0.4) is 0 Å². The van der Waals surface area contributed by atoms with Crippen molar-refractivity contribution in [3.8, 4) is 0 Å². The molecular weight excluding hydrogens is 859 g/mol. The van der Waals surface area contributed by atoms with Gasteiger partial charge in [-0.1, -0.05) is 0 Å². The number of amides is 6. The van der Waals surface area contributed by atoms with Crippen LogP contribution in [-0.4, -0.2) is 162 Å². The molecule has 29 nitrogen and oxygen atoms in total. The Morgan fingerprint density at radius 1 is 0.569 bits per heavy atom. The van der Waals surface area contributed by atoms with Crippen LogP contribution in [0.25, 0.3) is 0 Å². The molecule has 1 saturated heterocycles. The van der Waals surface area contributed by atoms with Gasteiger partial charge in [0.1, 0.15) is 30.2 Å². The molecule has 6 atom stereocenters. The topological polar surface area (TPSA) is 524 Å². The molecule has 1 aliphatic heterocycles. The van der Waals surface area contributed by atoms with Gasteiger partial charge < -0.3 is 93.3 Å². The highest BCUT2D eigenvalue weighted by molar-refractivity contribution is 5.97. The van der Waals surface area contributed by atoms with Gasteiger partial charge in [0.25, 0.3) is 0 Å². The summed E-state index contributed by atoms with van der Waals surface area (Å²) in [6.07, 6.45) is 0.360. The lowest BCUT2D eigenvalue weighted by Crippen LogP contribution is -2.58. The molecule has 0 aromatic heterocycles. The van der Waals surface area contributed by atoms with Crippen molar-refractivity contribution in [1.82, 2.24) is 31.5 Å². The maximum absolute atomic E-state index is 14.3. The van der Waals surface area contributed by atoms with E-state index in [-0.39, 0.29) is 108 Å². The first-order valence-corrected chi connectivity index (χ1v) is 20.8. The van der Waals surface area contributed by atoms with Crippen molar-refractivity contribution in [1.29, 1.82) is 0 Å². The minimum atomic E-state index is -1.51. The molecule has 65 heavy (non-hydrogen) atoms. The maximum Gasteiger partial charge on any atom is 0.326 e. The molecule has 1 fully saturated rings. The molecule has 6 amide bonds. The van der Waals surface area contributed by atoms with Crippen LogP contribution in [0.1, 0.15) is 77.0 Å². The van der Waals surface area contributed by atoms with E-state index in [4.69, 9.17) is 51.6 Å². The highest BCUT2D eigenvalue weighted by Crippen LogP contribution is 2.21. The number of guanidine groups is 4. The second-order valence-corrected chi connectivity index (χ2v) is 14.9. The van der Waals surface area contributed by atoms with Gasteiger partial charge in [0, 0.05) is 39.1 Å². The molecule has 1 heterocycles. The van der Waals surface area contributed by atoms with Crippen LogP contribution >= 0.6 is 0 Å². The van der Waals surface area contributed by atoms with Crippen LogP contribution in [0.5, 0.6) is 0 Å². The van der Waals surface area contributed by atoms with Crippen LogP contribution in [-0.2, 0) is 38.4 Å². The van der Waals surface area contributed by atoms with Crippen LogP contribution < -0.4 is 78.2 Å². The number of nitrogens with zero attached hydrogens (tertiary/aromatic N) is 5.